The Morgan fingerprint density at radius 3 is 2.37 bits per heavy atom. The third-order valence-electron chi connectivity index (χ3n) is 8.22. The molecule has 182 valence electrons. The number of aryl methyl sites for hydroxylation is 1. The van der Waals surface area contributed by atoms with Crippen LogP contribution in [0.3, 0.4) is 0 Å². The third kappa shape index (κ3) is 4.35. The van der Waals surface area contributed by atoms with E-state index in [1.165, 1.54) is 36.9 Å². The van der Waals surface area contributed by atoms with Crippen molar-refractivity contribution in [3.8, 4) is 11.1 Å². The molecule has 2 atom stereocenters. The van der Waals surface area contributed by atoms with Crippen molar-refractivity contribution in [1.29, 1.82) is 0 Å². The molecule has 0 bridgehead atoms. The molecule has 2 aliphatic rings. The summed E-state index contributed by atoms with van der Waals surface area (Å²) in [5, 5.41) is 0. The number of fused-ring (bicyclic) bond motifs is 1. The van der Waals surface area contributed by atoms with Crippen LogP contribution in [0.5, 0.6) is 0 Å². The molecule has 1 spiro atoms. The second-order valence-corrected chi connectivity index (χ2v) is 10.8. The van der Waals surface area contributed by atoms with Gasteiger partial charge in [-0.05, 0) is 95.9 Å². The summed E-state index contributed by atoms with van der Waals surface area (Å²) in [6.07, 6.45) is 6.95. The number of nitrogens with zero attached hydrogens (tertiary/aromatic N) is 1. The van der Waals surface area contributed by atoms with Gasteiger partial charge in [-0.15, -0.1) is 0 Å². The Morgan fingerprint density at radius 1 is 1.11 bits per heavy atom. The van der Waals surface area contributed by atoms with Crippen LogP contribution >= 0.6 is 0 Å². The fourth-order valence-corrected chi connectivity index (χ4v) is 6.36. The van der Waals surface area contributed by atoms with Crippen LogP contribution < -0.4 is 0 Å². The van der Waals surface area contributed by atoms with Crippen LogP contribution in [0.2, 0.25) is 0 Å². The Bertz CT molecular complexity index is 1230. The van der Waals surface area contributed by atoms with Gasteiger partial charge in [0.15, 0.2) is 0 Å². The summed E-state index contributed by atoms with van der Waals surface area (Å²) < 4.78 is 27.8. The maximum atomic E-state index is 13.9. The Balaban J connectivity index is 1.74. The molecule has 0 amide bonds. The minimum absolute atomic E-state index is 0.233. The summed E-state index contributed by atoms with van der Waals surface area (Å²) in [4.78, 5) is 5.33. The summed E-state index contributed by atoms with van der Waals surface area (Å²) in [5.74, 6) is 0.145. The van der Waals surface area contributed by atoms with Crippen LogP contribution in [0, 0.1) is 11.2 Å². The van der Waals surface area contributed by atoms with E-state index in [1.807, 2.05) is 36.4 Å². The van der Waals surface area contributed by atoms with Crippen molar-refractivity contribution >= 4 is 5.57 Å². The molecule has 2 aromatic carbocycles. The van der Waals surface area contributed by atoms with Gasteiger partial charge < -0.3 is 0 Å². The zero-order valence-electron chi connectivity index (χ0n) is 21.1. The molecule has 0 radical (unpaired) electrons. The van der Waals surface area contributed by atoms with Crippen molar-refractivity contribution in [2.45, 2.75) is 77.8 Å². The van der Waals surface area contributed by atoms with Gasteiger partial charge in [-0.1, -0.05) is 69.7 Å². The number of aromatic nitrogens is 1. The predicted molar refractivity (Wildman–Crippen MR) is 141 cm³/mol. The van der Waals surface area contributed by atoms with Crippen LogP contribution in [0.4, 0.5) is 8.78 Å². The topological polar surface area (TPSA) is 12.9 Å². The maximum absolute atomic E-state index is 13.9. The highest BCUT2D eigenvalue weighted by Gasteiger charge is 2.44. The van der Waals surface area contributed by atoms with Crippen molar-refractivity contribution in [3.63, 3.8) is 0 Å². The van der Waals surface area contributed by atoms with Gasteiger partial charge in [0.05, 0.1) is 0 Å². The van der Waals surface area contributed by atoms with E-state index in [0.29, 0.717) is 16.9 Å². The van der Waals surface area contributed by atoms with Gasteiger partial charge in [0.2, 0.25) is 0 Å². The Hall–Kier alpha value is -2.81. The smallest absolute Gasteiger partial charge is 0.123 e. The van der Waals surface area contributed by atoms with E-state index in [9.17, 15) is 8.78 Å². The summed E-state index contributed by atoms with van der Waals surface area (Å²) in [6, 6.07) is 14.5. The maximum Gasteiger partial charge on any atom is 0.123 e. The number of hydrogen-bond acceptors (Lipinski definition) is 1. The van der Waals surface area contributed by atoms with Gasteiger partial charge in [0, 0.05) is 17.0 Å². The fraction of sp³-hybridized carbons (Fsp3) is 0.406. The van der Waals surface area contributed by atoms with Gasteiger partial charge in [0.25, 0.3) is 0 Å². The highest BCUT2D eigenvalue weighted by molar-refractivity contribution is 5.91. The molecule has 1 nitrogen and oxygen atoms in total. The number of rotatable bonds is 6. The van der Waals surface area contributed by atoms with Gasteiger partial charge in [-0.3, -0.25) is 4.98 Å². The van der Waals surface area contributed by atoms with E-state index < -0.39 is 6.17 Å². The first-order valence-electron chi connectivity index (χ1n) is 13.1. The Labute approximate surface area is 208 Å². The predicted octanol–water partition coefficient (Wildman–Crippen LogP) is 9.15. The first-order chi connectivity index (χ1) is 16.8. The molecule has 35 heavy (non-hydrogen) atoms. The molecule has 0 N–H and O–H groups in total. The fourth-order valence-electron chi connectivity index (χ4n) is 6.36. The quantitative estimate of drug-likeness (QED) is 0.349. The van der Waals surface area contributed by atoms with Crippen molar-refractivity contribution in [1.82, 2.24) is 4.98 Å². The second-order valence-electron chi connectivity index (χ2n) is 10.8. The highest BCUT2D eigenvalue weighted by Crippen LogP contribution is 2.56. The summed E-state index contributed by atoms with van der Waals surface area (Å²) >= 11 is 0. The first kappa shape index (κ1) is 23.9. The number of benzene rings is 2. The van der Waals surface area contributed by atoms with E-state index in [0.717, 1.165) is 52.8 Å². The molecule has 5 rings (SSSR count). The number of hydrogen-bond donors (Lipinski definition) is 0. The lowest BCUT2D eigenvalue weighted by Gasteiger charge is -2.48. The first-order valence-corrected chi connectivity index (χ1v) is 13.1. The van der Waals surface area contributed by atoms with Crippen LogP contribution in [0.25, 0.3) is 16.7 Å². The molecule has 1 saturated carbocycles. The Kier molecular flexibility index (Phi) is 6.38. The van der Waals surface area contributed by atoms with E-state index in [-0.39, 0.29) is 5.82 Å². The van der Waals surface area contributed by atoms with E-state index in [1.54, 1.807) is 19.1 Å². The molecule has 1 aromatic heterocycles. The zero-order chi connectivity index (χ0) is 24.7. The second kappa shape index (κ2) is 9.33. The largest absolute Gasteiger partial charge is 0.257 e. The number of alkyl halides is 1. The lowest BCUT2D eigenvalue weighted by molar-refractivity contribution is 0.0982. The van der Waals surface area contributed by atoms with Crippen molar-refractivity contribution in [3.05, 3.63) is 94.6 Å². The van der Waals surface area contributed by atoms with Crippen LogP contribution in [-0.4, -0.2) is 4.98 Å². The molecule has 3 aromatic rings. The van der Waals surface area contributed by atoms with Gasteiger partial charge in [-0.2, -0.15) is 0 Å². The van der Waals surface area contributed by atoms with Crippen molar-refractivity contribution < 1.29 is 8.78 Å². The Morgan fingerprint density at radius 2 is 1.80 bits per heavy atom. The molecule has 0 aliphatic heterocycles. The van der Waals surface area contributed by atoms with Crippen LogP contribution in [-0.2, 0) is 12.8 Å². The molecule has 1 fully saturated rings. The minimum atomic E-state index is -1.01. The molecule has 2 unspecified atom stereocenters. The minimum Gasteiger partial charge on any atom is -0.257 e. The van der Waals surface area contributed by atoms with Gasteiger partial charge in [0.1, 0.15) is 12.0 Å². The van der Waals surface area contributed by atoms with Gasteiger partial charge >= 0.3 is 0 Å². The molecular weight excluding hydrogens is 436 g/mol. The average molecular weight is 472 g/mol. The monoisotopic (exact) mass is 471 g/mol. The average Bonchev–Trinajstić information content (AvgIpc) is 2.82. The van der Waals surface area contributed by atoms with Crippen LogP contribution in [0.15, 0.2) is 55.1 Å². The standard InChI is InChI=1S/C32H35F2N/c1-5-7-27-30(21(3)23-8-10-24(11-9-23)22(4)33)31(25-12-14-26(34)15-13-25)29-20(2)18-32(16-6-17-32)19-28(29)35-27/h8-15,20,22H,3,5-7,16-19H2,1-2,4H3. The molecule has 1 heterocycles. The zero-order valence-corrected chi connectivity index (χ0v) is 21.1. The van der Waals surface area contributed by atoms with E-state index >= 15 is 0 Å². The van der Waals surface area contributed by atoms with E-state index in [4.69, 9.17) is 4.98 Å². The number of pyridine rings is 1. The molecule has 2 aliphatic carbocycles. The molecule has 3 heteroatoms. The lowest BCUT2D eigenvalue weighted by atomic mass is 9.57. The van der Waals surface area contributed by atoms with E-state index in [2.05, 4.69) is 20.4 Å². The van der Waals surface area contributed by atoms with Crippen molar-refractivity contribution in [2.75, 3.05) is 0 Å². The summed E-state index contributed by atoms with van der Waals surface area (Å²) in [5.41, 5.74) is 9.78. The van der Waals surface area contributed by atoms with Gasteiger partial charge in [-0.25, -0.2) is 8.78 Å². The summed E-state index contributed by atoms with van der Waals surface area (Å²) in [7, 11) is 0. The molecule has 0 saturated heterocycles. The van der Waals surface area contributed by atoms with Crippen molar-refractivity contribution in [2.24, 2.45) is 5.41 Å². The normalized spacial score (nSPS) is 19.2. The lowest BCUT2D eigenvalue weighted by Crippen LogP contribution is -2.37. The highest BCUT2D eigenvalue weighted by atomic mass is 19.1. The number of halogens is 2. The van der Waals surface area contributed by atoms with Crippen LogP contribution in [0.1, 0.15) is 98.6 Å². The SMILES string of the molecule is C=C(c1ccc(C(C)F)cc1)c1c(CCC)nc2c(c1-c1ccc(F)cc1)C(C)CC1(CCC1)C2. The third-order valence-corrected chi connectivity index (χ3v) is 8.22. The molecular formula is C32H35F2N. The summed E-state index contributed by atoms with van der Waals surface area (Å²) in [6.45, 7) is 10.6.